The van der Waals surface area contributed by atoms with E-state index >= 15 is 0 Å². The summed E-state index contributed by atoms with van der Waals surface area (Å²) >= 11 is 0. The van der Waals surface area contributed by atoms with Crippen molar-refractivity contribution in [2.24, 2.45) is 11.8 Å². The van der Waals surface area contributed by atoms with E-state index in [1.165, 1.54) is 62.5 Å². The molecule has 0 unspecified atom stereocenters. The Hall–Kier alpha value is -2.00. The van der Waals surface area contributed by atoms with Crippen LogP contribution in [0.3, 0.4) is 0 Å². The maximum Gasteiger partial charge on any atom is 0.119 e. The van der Waals surface area contributed by atoms with Crippen LogP contribution < -0.4 is 9.47 Å². The van der Waals surface area contributed by atoms with E-state index in [2.05, 4.69) is 104 Å². The van der Waals surface area contributed by atoms with Gasteiger partial charge in [-0.1, -0.05) is 90.5 Å². The third-order valence-electron chi connectivity index (χ3n) is 8.28. The van der Waals surface area contributed by atoms with Crippen LogP contribution in [0.5, 0.6) is 11.5 Å². The van der Waals surface area contributed by atoms with Crippen LogP contribution in [-0.2, 0) is 17.6 Å². The Morgan fingerprint density at radius 3 is 1.21 bits per heavy atom. The molecular formula is C40H66O3. The first kappa shape index (κ1) is 37.2. The minimum absolute atomic E-state index is 0.197. The van der Waals surface area contributed by atoms with Gasteiger partial charge in [-0.3, -0.25) is 0 Å². The van der Waals surface area contributed by atoms with E-state index in [4.69, 9.17) is 14.2 Å². The van der Waals surface area contributed by atoms with Gasteiger partial charge in [0.25, 0.3) is 0 Å². The van der Waals surface area contributed by atoms with E-state index in [9.17, 15) is 0 Å². The largest absolute Gasteiger partial charge is 0.494 e. The van der Waals surface area contributed by atoms with Crippen molar-refractivity contribution in [3.05, 3.63) is 59.7 Å². The van der Waals surface area contributed by atoms with Gasteiger partial charge in [0.2, 0.25) is 0 Å². The van der Waals surface area contributed by atoms with Gasteiger partial charge in [0.15, 0.2) is 0 Å². The van der Waals surface area contributed by atoms with E-state index < -0.39 is 0 Å². The molecule has 3 heteroatoms. The van der Waals surface area contributed by atoms with E-state index in [0.717, 1.165) is 61.9 Å². The van der Waals surface area contributed by atoms with Crippen LogP contribution >= 0.6 is 0 Å². The smallest absolute Gasteiger partial charge is 0.119 e. The van der Waals surface area contributed by atoms with Gasteiger partial charge in [0.1, 0.15) is 11.5 Å². The Labute approximate surface area is 266 Å². The van der Waals surface area contributed by atoms with E-state index in [0.29, 0.717) is 13.2 Å². The predicted molar refractivity (Wildman–Crippen MR) is 186 cm³/mol. The third-order valence-corrected chi connectivity index (χ3v) is 8.28. The Morgan fingerprint density at radius 2 is 0.860 bits per heavy atom. The van der Waals surface area contributed by atoms with Gasteiger partial charge in [-0.05, 0) is 126 Å². The van der Waals surface area contributed by atoms with Crippen LogP contribution in [0.2, 0.25) is 0 Å². The van der Waals surface area contributed by atoms with Crippen LogP contribution in [0.25, 0.3) is 0 Å². The third kappa shape index (κ3) is 18.4. The van der Waals surface area contributed by atoms with Crippen molar-refractivity contribution >= 4 is 0 Å². The van der Waals surface area contributed by atoms with Gasteiger partial charge >= 0.3 is 0 Å². The lowest BCUT2D eigenvalue weighted by molar-refractivity contribution is -0.131. The van der Waals surface area contributed by atoms with Crippen LogP contribution in [-0.4, -0.2) is 24.4 Å². The average molecular weight is 595 g/mol. The number of ether oxygens (including phenoxy) is 3. The Kier molecular flexibility index (Phi) is 17.4. The summed E-state index contributed by atoms with van der Waals surface area (Å²) in [6.07, 6.45) is 16.8. The average Bonchev–Trinajstić information content (AvgIpc) is 2.94. The molecule has 2 aromatic carbocycles. The highest BCUT2D eigenvalue weighted by Gasteiger charge is 2.28. The second kappa shape index (κ2) is 20.1. The van der Waals surface area contributed by atoms with Gasteiger partial charge < -0.3 is 14.2 Å². The molecular weight excluding hydrogens is 528 g/mol. The fourth-order valence-electron chi connectivity index (χ4n) is 5.85. The van der Waals surface area contributed by atoms with Crippen molar-refractivity contribution < 1.29 is 14.2 Å². The number of rotatable bonds is 24. The standard InChI is InChI=1S/C40H66O3/c1-33(2)17-11-9-13-19-35-21-25-37(26-22-35)41-31-15-29-39(5,6)43-40(7,8)30-16-32-42-38-27-23-36(24-28-38)20-14-10-12-18-34(3)4/h21-28,33-34H,9-20,29-32H2,1-8H3. The van der Waals surface area contributed by atoms with E-state index in [-0.39, 0.29) is 11.2 Å². The van der Waals surface area contributed by atoms with Gasteiger partial charge in [-0.15, -0.1) is 0 Å². The number of hydrogen-bond acceptors (Lipinski definition) is 3. The van der Waals surface area contributed by atoms with Gasteiger partial charge in [-0.2, -0.15) is 0 Å². The maximum absolute atomic E-state index is 6.59. The zero-order valence-corrected chi connectivity index (χ0v) is 29.3. The molecule has 2 aromatic rings. The molecule has 0 aliphatic carbocycles. The van der Waals surface area contributed by atoms with Gasteiger partial charge in [-0.25, -0.2) is 0 Å². The lowest BCUT2D eigenvalue weighted by Crippen LogP contribution is -2.37. The molecule has 0 N–H and O–H groups in total. The monoisotopic (exact) mass is 595 g/mol. The van der Waals surface area contributed by atoms with Crippen molar-refractivity contribution in [2.75, 3.05) is 13.2 Å². The summed E-state index contributed by atoms with van der Waals surface area (Å²) in [6.45, 7) is 19.5. The van der Waals surface area contributed by atoms with Crippen LogP contribution in [0.4, 0.5) is 0 Å². The van der Waals surface area contributed by atoms with Crippen molar-refractivity contribution in [1.82, 2.24) is 0 Å². The molecule has 43 heavy (non-hydrogen) atoms. The predicted octanol–water partition coefficient (Wildman–Crippen LogP) is 11.8. The number of unbranched alkanes of at least 4 members (excludes halogenated alkanes) is 4. The molecule has 0 aliphatic heterocycles. The van der Waals surface area contributed by atoms with Crippen molar-refractivity contribution in [3.63, 3.8) is 0 Å². The molecule has 0 fully saturated rings. The number of aryl methyl sites for hydroxylation is 2. The van der Waals surface area contributed by atoms with Crippen molar-refractivity contribution in [2.45, 2.75) is 156 Å². The molecule has 0 amide bonds. The summed E-state index contributed by atoms with van der Waals surface area (Å²) in [6, 6.07) is 17.4. The molecule has 0 spiro atoms. The second-order valence-corrected chi connectivity index (χ2v) is 14.8. The van der Waals surface area contributed by atoms with Crippen LogP contribution in [0.1, 0.15) is 144 Å². The number of hydrogen-bond donors (Lipinski definition) is 0. The quantitative estimate of drug-likeness (QED) is 0.113. The Morgan fingerprint density at radius 1 is 0.488 bits per heavy atom. The second-order valence-electron chi connectivity index (χ2n) is 14.8. The Balaban J connectivity index is 1.58. The molecule has 0 heterocycles. The maximum atomic E-state index is 6.59. The summed E-state index contributed by atoms with van der Waals surface area (Å²) in [5.74, 6) is 3.57. The fourth-order valence-corrected chi connectivity index (χ4v) is 5.85. The molecule has 0 atom stereocenters. The van der Waals surface area contributed by atoms with Crippen LogP contribution in [0, 0.1) is 11.8 Å². The Bertz CT molecular complexity index is 877. The molecule has 2 rings (SSSR count). The van der Waals surface area contributed by atoms with E-state index in [1.54, 1.807) is 0 Å². The first-order chi connectivity index (χ1) is 20.4. The first-order valence-corrected chi connectivity index (χ1v) is 17.6. The van der Waals surface area contributed by atoms with Gasteiger partial charge in [0, 0.05) is 0 Å². The first-order valence-electron chi connectivity index (χ1n) is 17.6. The normalized spacial score (nSPS) is 12.3. The molecule has 0 aliphatic rings. The zero-order valence-electron chi connectivity index (χ0n) is 29.3. The van der Waals surface area contributed by atoms with Crippen molar-refractivity contribution in [1.29, 1.82) is 0 Å². The molecule has 0 aromatic heterocycles. The minimum atomic E-state index is -0.197. The van der Waals surface area contributed by atoms with Gasteiger partial charge in [0.05, 0.1) is 24.4 Å². The summed E-state index contributed by atoms with van der Waals surface area (Å²) in [5.41, 5.74) is 2.43. The minimum Gasteiger partial charge on any atom is -0.494 e. The highest BCUT2D eigenvalue weighted by molar-refractivity contribution is 5.28. The zero-order chi connectivity index (χ0) is 31.6. The summed E-state index contributed by atoms with van der Waals surface area (Å²) in [7, 11) is 0. The fraction of sp³-hybridized carbons (Fsp3) is 0.700. The van der Waals surface area contributed by atoms with E-state index in [1.807, 2.05) is 0 Å². The highest BCUT2D eigenvalue weighted by atomic mass is 16.5. The summed E-state index contributed by atoms with van der Waals surface area (Å²) in [5, 5.41) is 0. The molecule has 0 saturated carbocycles. The lowest BCUT2D eigenvalue weighted by atomic mass is 9.97. The topological polar surface area (TPSA) is 27.7 Å². The van der Waals surface area contributed by atoms with Crippen LogP contribution in [0.15, 0.2) is 48.5 Å². The molecule has 0 radical (unpaired) electrons. The summed E-state index contributed by atoms with van der Waals surface area (Å²) in [4.78, 5) is 0. The highest BCUT2D eigenvalue weighted by Crippen LogP contribution is 2.28. The van der Waals surface area contributed by atoms with Crippen molar-refractivity contribution in [3.8, 4) is 11.5 Å². The summed E-state index contributed by atoms with van der Waals surface area (Å²) < 4.78 is 18.7. The molecule has 3 nitrogen and oxygen atoms in total. The molecule has 0 saturated heterocycles. The number of benzene rings is 2. The molecule has 0 bridgehead atoms. The lowest BCUT2D eigenvalue weighted by Gasteiger charge is -2.36. The molecule has 244 valence electrons. The SMILES string of the molecule is CC(C)CCCCCc1ccc(OCCCC(C)(C)OC(C)(C)CCCOc2ccc(CCCCCC(C)C)cc2)cc1.